The topological polar surface area (TPSA) is 69.6 Å². The van der Waals surface area contributed by atoms with Gasteiger partial charge in [-0.15, -0.1) is 0 Å². The normalized spacial score (nSPS) is 16.2. The molecule has 0 radical (unpaired) electrons. The lowest BCUT2D eigenvalue weighted by molar-refractivity contribution is 0.216. The van der Waals surface area contributed by atoms with Crippen molar-refractivity contribution >= 4 is 27.5 Å². The quantitative estimate of drug-likeness (QED) is 0.502. The van der Waals surface area contributed by atoms with Gasteiger partial charge in [-0.2, -0.15) is 10.2 Å². The van der Waals surface area contributed by atoms with Crippen molar-refractivity contribution < 1.29 is 14.2 Å². The summed E-state index contributed by atoms with van der Waals surface area (Å²) in [5.41, 5.74) is 2.72. The number of fused-ring (bicyclic) bond motifs is 2. The van der Waals surface area contributed by atoms with Crippen molar-refractivity contribution in [1.29, 1.82) is 0 Å². The van der Waals surface area contributed by atoms with E-state index in [1.807, 2.05) is 48.5 Å². The summed E-state index contributed by atoms with van der Waals surface area (Å²) in [6, 6.07) is 15.8. The van der Waals surface area contributed by atoms with Gasteiger partial charge in [-0.3, -0.25) is 0 Å². The van der Waals surface area contributed by atoms with Crippen LogP contribution in [0.3, 0.4) is 0 Å². The molecule has 1 fully saturated rings. The van der Waals surface area contributed by atoms with Gasteiger partial charge in [0.1, 0.15) is 6.10 Å². The minimum Gasteiger partial charge on any atom is -0.493 e. The van der Waals surface area contributed by atoms with E-state index in [0.717, 1.165) is 47.0 Å². The van der Waals surface area contributed by atoms with E-state index in [0.29, 0.717) is 17.4 Å². The summed E-state index contributed by atoms with van der Waals surface area (Å²) < 4.78 is 17.1. The molecular weight excluding hydrogens is 380 g/mol. The zero-order chi connectivity index (χ0) is 20.5. The SMILES string of the molecule is COc1cc2nncc(N3CCC(Oc4ccc5ccccc5n4)C3)c2cc1OC. The predicted octanol–water partition coefficient (Wildman–Crippen LogP) is 3.85. The number of hydrogen-bond donors (Lipinski definition) is 0. The predicted molar refractivity (Wildman–Crippen MR) is 116 cm³/mol. The van der Waals surface area contributed by atoms with Crippen LogP contribution in [0.15, 0.2) is 54.7 Å². The third-order valence-corrected chi connectivity index (χ3v) is 5.47. The number of pyridine rings is 1. The Bertz CT molecular complexity index is 1210. The van der Waals surface area contributed by atoms with Gasteiger partial charge < -0.3 is 19.1 Å². The van der Waals surface area contributed by atoms with Crippen LogP contribution in [0, 0.1) is 0 Å². The molecule has 0 amide bonds. The fourth-order valence-corrected chi connectivity index (χ4v) is 3.95. The highest BCUT2D eigenvalue weighted by Crippen LogP contribution is 2.36. The Hall–Kier alpha value is -3.61. The van der Waals surface area contributed by atoms with Gasteiger partial charge in [0.25, 0.3) is 0 Å². The van der Waals surface area contributed by atoms with Crippen LogP contribution in [0.5, 0.6) is 17.4 Å². The van der Waals surface area contributed by atoms with Gasteiger partial charge >= 0.3 is 0 Å². The number of nitrogens with zero attached hydrogens (tertiary/aromatic N) is 4. The first kappa shape index (κ1) is 18.4. The summed E-state index contributed by atoms with van der Waals surface area (Å²) in [5, 5.41) is 10.5. The standard InChI is InChI=1S/C23H22N4O3/c1-28-21-11-17-19(12-22(21)29-2)26-24-13-20(17)27-10-9-16(14-27)30-23-8-7-15-5-3-4-6-18(15)25-23/h3-8,11-13,16H,9-10,14H2,1-2H3. The smallest absolute Gasteiger partial charge is 0.214 e. The molecule has 0 spiro atoms. The van der Waals surface area contributed by atoms with Gasteiger partial charge in [0.05, 0.1) is 43.7 Å². The molecule has 30 heavy (non-hydrogen) atoms. The summed E-state index contributed by atoms with van der Waals surface area (Å²) in [6.07, 6.45) is 2.76. The van der Waals surface area contributed by atoms with Gasteiger partial charge in [-0.05, 0) is 18.2 Å². The third kappa shape index (κ3) is 3.32. The number of benzene rings is 2. The maximum absolute atomic E-state index is 6.20. The number of hydrogen-bond acceptors (Lipinski definition) is 7. The van der Waals surface area contributed by atoms with Crippen molar-refractivity contribution in [2.24, 2.45) is 0 Å². The van der Waals surface area contributed by atoms with Gasteiger partial charge in [-0.1, -0.05) is 18.2 Å². The molecule has 1 aliphatic rings. The minimum absolute atomic E-state index is 0.0574. The Kier molecular flexibility index (Phi) is 4.71. The van der Waals surface area contributed by atoms with E-state index < -0.39 is 0 Å². The first-order chi connectivity index (χ1) is 14.7. The molecule has 2 aromatic heterocycles. The molecule has 0 aliphatic carbocycles. The van der Waals surface area contributed by atoms with Gasteiger partial charge in [0.15, 0.2) is 11.5 Å². The Morgan fingerprint density at radius 2 is 1.80 bits per heavy atom. The molecule has 7 heteroatoms. The molecule has 0 N–H and O–H groups in total. The van der Waals surface area contributed by atoms with Crippen LogP contribution in [0.4, 0.5) is 5.69 Å². The number of para-hydroxylation sites is 1. The van der Waals surface area contributed by atoms with Crippen molar-refractivity contribution in [2.45, 2.75) is 12.5 Å². The number of anilines is 1. The second-order valence-corrected chi connectivity index (χ2v) is 7.27. The second kappa shape index (κ2) is 7.67. The van der Waals surface area contributed by atoms with Crippen molar-refractivity contribution in [3.05, 3.63) is 54.7 Å². The third-order valence-electron chi connectivity index (χ3n) is 5.47. The van der Waals surface area contributed by atoms with Crippen LogP contribution in [0.1, 0.15) is 6.42 Å². The molecule has 0 bridgehead atoms. The molecule has 1 aliphatic heterocycles. The Morgan fingerprint density at radius 3 is 2.67 bits per heavy atom. The van der Waals surface area contributed by atoms with Crippen LogP contribution in [-0.2, 0) is 0 Å². The van der Waals surface area contributed by atoms with E-state index in [1.165, 1.54) is 0 Å². The molecule has 152 valence electrons. The first-order valence-corrected chi connectivity index (χ1v) is 9.90. The molecule has 0 saturated carbocycles. The minimum atomic E-state index is 0.0574. The molecule has 1 unspecified atom stereocenters. The van der Waals surface area contributed by atoms with Gasteiger partial charge in [0, 0.05) is 35.9 Å². The van der Waals surface area contributed by atoms with E-state index in [-0.39, 0.29) is 6.10 Å². The van der Waals surface area contributed by atoms with E-state index in [1.54, 1.807) is 20.4 Å². The van der Waals surface area contributed by atoms with E-state index in [4.69, 9.17) is 14.2 Å². The number of rotatable bonds is 5. The maximum Gasteiger partial charge on any atom is 0.214 e. The van der Waals surface area contributed by atoms with Crippen molar-refractivity contribution in [3.63, 3.8) is 0 Å². The summed E-state index contributed by atoms with van der Waals surface area (Å²) in [7, 11) is 3.25. The fraction of sp³-hybridized carbons (Fsp3) is 0.261. The lowest BCUT2D eigenvalue weighted by Crippen LogP contribution is -2.25. The Labute approximate surface area is 174 Å². The molecule has 1 saturated heterocycles. The molecule has 7 nitrogen and oxygen atoms in total. The number of methoxy groups -OCH3 is 2. The summed E-state index contributed by atoms with van der Waals surface area (Å²) >= 11 is 0. The molecular formula is C23H22N4O3. The van der Waals surface area contributed by atoms with Crippen molar-refractivity contribution in [2.75, 3.05) is 32.2 Å². The summed E-state index contributed by atoms with van der Waals surface area (Å²) in [6.45, 7) is 1.62. The lowest BCUT2D eigenvalue weighted by Gasteiger charge is -2.20. The second-order valence-electron chi connectivity index (χ2n) is 7.27. The first-order valence-electron chi connectivity index (χ1n) is 9.90. The van der Waals surface area contributed by atoms with E-state index in [2.05, 4.69) is 20.1 Å². The highest BCUT2D eigenvalue weighted by atomic mass is 16.5. The van der Waals surface area contributed by atoms with E-state index in [9.17, 15) is 0 Å². The number of ether oxygens (including phenoxy) is 3. The average Bonchev–Trinajstić information content (AvgIpc) is 3.25. The van der Waals surface area contributed by atoms with Crippen LogP contribution >= 0.6 is 0 Å². The number of aromatic nitrogens is 3. The Balaban J connectivity index is 1.39. The largest absolute Gasteiger partial charge is 0.493 e. The highest BCUT2D eigenvalue weighted by Gasteiger charge is 2.26. The monoisotopic (exact) mass is 402 g/mol. The maximum atomic E-state index is 6.20. The molecule has 3 heterocycles. The Morgan fingerprint density at radius 1 is 0.967 bits per heavy atom. The van der Waals surface area contributed by atoms with Crippen LogP contribution in [0.2, 0.25) is 0 Å². The average molecular weight is 402 g/mol. The fourth-order valence-electron chi connectivity index (χ4n) is 3.95. The van der Waals surface area contributed by atoms with Gasteiger partial charge in [-0.25, -0.2) is 4.98 Å². The zero-order valence-corrected chi connectivity index (χ0v) is 16.9. The summed E-state index contributed by atoms with van der Waals surface area (Å²) in [5.74, 6) is 1.97. The lowest BCUT2D eigenvalue weighted by atomic mass is 10.1. The van der Waals surface area contributed by atoms with E-state index >= 15 is 0 Å². The van der Waals surface area contributed by atoms with Crippen LogP contribution in [-0.4, -0.2) is 48.6 Å². The van der Waals surface area contributed by atoms with Gasteiger partial charge in [0.2, 0.25) is 5.88 Å². The molecule has 5 rings (SSSR count). The molecule has 1 atom stereocenters. The van der Waals surface area contributed by atoms with Crippen LogP contribution < -0.4 is 19.1 Å². The highest BCUT2D eigenvalue weighted by molar-refractivity contribution is 5.93. The summed E-state index contributed by atoms with van der Waals surface area (Å²) in [4.78, 5) is 6.91. The molecule has 4 aromatic rings. The van der Waals surface area contributed by atoms with Crippen molar-refractivity contribution in [1.82, 2.24) is 15.2 Å². The van der Waals surface area contributed by atoms with Crippen molar-refractivity contribution in [3.8, 4) is 17.4 Å². The molecule has 2 aromatic carbocycles. The zero-order valence-electron chi connectivity index (χ0n) is 16.9. The van der Waals surface area contributed by atoms with Crippen LogP contribution in [0.25, 0.3) is 21.8 Å².